The largest absolute Gasteiger partial charge is 0.382 e. The molecule has 0 saturated heterocycles. The van der Waals surface area contributed by atoms with E-state index in [4.69, 9.17) is 4.74 Å². The number of ether oxygens (including phenoxy) is 1. The summed E-state index contributed by atoms with van der Waals surface area (Å²) in [5.41, 5.74) is 1.06. The first-order valence-electron chi connectivity index (χ1n) is 3.71. The van der Waals surface area contributed by atoms with Gasteiger partial charge < -0.3 is 10.1 Å². The lowest BCUT2D eigenvalue weighted by atomic mass is 10.2. The monoisotopic (exact) mass is 154 g/mol. The quantitative estimate of drug-likeness (QED) is 0.642. The van der Waals surface area contributed by atoms with Crippen molar-refractivity contribution in [1.82, 2.24) is 5.32 Å². The Hall–Kier alpha value is -0.830. The van der Waals surface area contributed by atoms with Crippen LogP contribution in [-0.4, -0.2) is 25.6 Å². The zero-order chi connectivity index (χ0) is 8.27. The topological polar surface area (TPSA) is 33.6 Å². The fraction of sp³-hybridized carbons (Fsp3) is 0.625. The summed E-state index contributed by atoms with van der Waals surface area (Å²) in [7, 11) is 1.70. The van der Waals surface area contributed by atoms with Crippen molar-refractivity contribution in [3.05, 3.63) is 11.8 Å². The lowest BCUT2D eigenvalue weighted by Gasteiger charge is -2.19. The first-order chi connectivity index (χ1) is 5.22. The van der Waals surface area contributed by atoms with Gasteiger partial charge in [-0.2, -0.15) is 0 Å². The molecule has 0 amide bonds. The molecule has 0 aromatic rings. The minimum atomic E-state index is 0.289. The third-order valence-electron chi connectivity index (χ3n) is 1.53. The molecule has 0 radical (unpaired) electrons. The minimum absolute atomic E-state index is 0.289. The smallest absolute Gasteiger partial charge is 0.0992 e. The summed E-state index contributed by atoms with van der Waals surface area (Å²) in [6.45, 7) is 4.65. The Morgan fingerprint density at radius 1 is 1.64 bits per heavy atom. The Balaban J connectivity index is 2.56. The first kappa shape index (κ1) is 8.27. The maximum absolute atomic E-state index is 5.02. The predicted octanol–water partition coefficient (Wildman–Crippen LogP) is 0.927. The molecule has 0 saturated carbocycles. The van der Waals surface area contributed by atoms with E-state index in [0.29, 0.717) is 6.61 Å². The Bertz CT molecular complexity index is 196. The zero-order valence-corrected chi connectivity index (χ0v) is 7.22. The number of nitrogens with zero attached hydrogens (tertiary/aromatic N) is 1. The lowest BCUT2D eigenvalue weighted by molar-refractivity contribution is 0.186. The Labute approximate surface area is 67.2 Å². The molecule has 62 valence electrons. The molecule has 1 rings (SSSR count). The molecule has 1 aliphatic heterocycles. The number of nitrogens with one attached hydrogen (secondary N) is 1. The fourth-order valence-corrected chi connectivity index (χ4v) is 1.20. The molecule has 11 heavy (non-hydrogen) atoms. The van der Waals surface area contributed by atoms with Crippen molar-refractivity contribution < 1.29 is 4.74 Å². The standard InChI is InChI=1S/C8H14N2O/c1-6-4-8(5-11-3)10-7(2)9-6/h4,8H,5H2,1-3H3,(H,9,10). The van der Waals surface area contributed by atoms with Crippen LogP contribution in [0.4, 0.5) is 0 Å². The molecule has 1 aliphatic rings. The van der Waals surface area contributed by atoms with Crippen molar-refractivity contribution in [2.45, 2.75) is 19.9 Å². The summed E-state index contributed by atoms with van der Waals surface area (Å²) >= 11 is 0. The van der Waals surface area contributed by atoms with E-state index in [0.717, 1.165) is 11.5 Å². The van der Waals surface area contributed by atoms with Gasteiger partial charge in [0.05, 0.1) is 18.5 Å². The van der Waals surface area contributed by atoms with Crippen LogP contribution in [0.1, 0.15) is 13.8 Å². The molecular formula is C8H14N2O. The molecule has 1 atom stereocenters. The number of methoxy groups -OCH3 is 1. The second-order valence-corrected chi connectivity index (χ2v) is 2.71. The van der Waals surface area contributed by atoms with Crippen LogP contribution in [0.5, 0.6) is 0 Å². The normalized spacial score (nSPS) is 23.7. The van der Waals surface area contributed by atoms with E-state index < -0.39 is 0 Å². The Morgan fingerprint density at radius 3 is 2.91 bits per heavy atom. The molecular weight excluding hydrogens is 140 g/mol. The lowest BCUT2D eigenvalue weighted by Crippen LogP contribution is -2.37. The van der Waals surface area contributed by atoms with Crippen molar-refractivity contribution in [2.75, 3.05) is 13.7 Å². The molecule has 3 nitrogen and oxygen atoms in total. The van der Waals surface area contributed by atoms with Crippen molar-refractivity contribution in [3.63, 3.8) is 0 Å². The number of hydrogen-bond donors (Lipinski definition) is 1. The first-order valence-corrected chi connectivity index (χ1v) is 3.71. The Kier molecular flexibility index (Phi) is 2.65. The molecule has 1 N–H and O–H groups in total. The summed E-state index contributed by atoms with van der Waals surface area (Å²) in [5, 5.41) is 3.20. The molecule has 3 heteroatoms. The second-order valence-electron chi connectivity index (χ2n) is 2.71. The van der Waals surface area contributed by atoms with Gasteiger partial charge >= 0.3 is 0 Å². The highest BCUT2D eigenvalue weighted by atomic mass is 16.5. The predicted molar refractivity (Wildman–Crippen MR) is 45.7 cm³/mol. The SMILES string of the molecule is COCC1C=C(C)N=C(C)N1. The van der Waals surface area contributed by atoms with Gasteiger partial charge in [0.25, 0.3) is 0 Å². The summed E-state index contributed by atoms with van der Waals surface area (Å²) in [6.07, 6.45) is 2.07. The van der Waals surface area contributed by atoms with Gasteiger partial charge in [-0.25, -0.2) is 4.99 Å². The van der Waals surface area contributed by atoms with Crippen molar-refractivity contribution in [1.29, 1.82) is 0 Å². The molecule has 1 unspecified atom stereocenters. The molecule has 0 bridgehead atoms. The van der Waals surface area contributed by atoms with Crippen LogP contribution >= 0.6 is 0 Å². The van der Waals surface area contributed by atoms with Crippen LogP contribution in [0.2, 0.25) is 0 Å². The molecule has 1 heterocycles. The average Bonchev–Trinajstić information content (AvgIpc) is 1.85. The van der Waals surface area contributed by atoms with Crippen LogP contribution < -0.4 is 5.32 Å². The van der Waals surface area contributed by atoms with Crippen LogP contribution in [0, 0.1) is 0 Å². The van der Waals surface area contributed by atoms with E-state index in [-0.39, 0.29) is 6.04 Å². The maximum Gasteiger partial charge on any atom is 0.0992 e. The van der Waals surface area contributed by atoms with Gasteiger partial charge in [-0.1, -0.05) is 0 Å². The minimum Gasteiger partial charge on any atom is -0.382 e. The molecule has 0 aromatic heterocycles. The number of rotatable bonds is 2. The van der Waals surface area contributed by atoms with Crippen LogP contribution in [-0.2, 0) is 4.74 Å². The van der Waals surface area contributed by atoms with Crippen LogP contribution in [0.25, 0.3) is 0 Å². The highest BCUT2D eigenvalue weighted by Crippen LogP contribution is 2.04. The van der Waals surface area contributed by atoms with E-state index in [9.17, 15) is 0 Å². The van der Waals surface area contributed by atoms with E-state index in [1.54, 1.807) is 7.11 Å². The number of hydrogen-bond acceptors (Lipinski definition) is 3. The van der Waals surface area contributed by atoms with Gasteiger partial charge in [0, 0.05) is 12.8 Å². The summed E-state index contributed by atoms with van der Waals surface area (Å²) in [6, 6.07) is 0.289. The third-order valence-corrected chi connectivity index (χ3v) is 1.53. The molecule has 0 spiro atoms. The third kappa shape index (κ3) is 2.35. The average molecular weight is 154 g/mol. The van der Waals surface area contributed by atoms with Gasteiger partial charge in [0.1, 0.15) is 0 Å². The molecule has 0 fully saturated rings. The number of allylic oxidation sites excluding steroid dienone is 1. The number of amidine groups is 1. The van der Waals surface area contributed by atoms with E-state index >= 15 is 0 Å². The van der Waals surface area contributed by atoms with Gasteiger partial charge in [-0.05, 0) is 19.9 Å². The summed E-state index contributed by atoms with van der Waals surface area (Å²) in [4.78, 5) is 4.23. The van der Waals surface area contributed by atoms with Crippen molar-refractivity contribution >= 4 is 5.84 Å². The van der Waals surface area contributed by atoms with Gasteiger partial charge in [0.2, 0.25) is 0 Å². The van der Waals surface area contributed by atoms with Crippen molar-refractivity contribution in [2.24, 2.45) is 4.99 Å². The van der Waals surface area contributed by atoms with Crippen LogP contribution in [0.3, 0.4) is 0 Å². The highest BCUT2D eigenvalue weighted by Gasteiger charge is 2.09. The molecule has 0 aliphatic carbocycles. The van der Waals surface area contributed by atoms with Crippen molar-refractivity contribution in [3.8, 4) is 0 Å². The fourth-order valence-electron chi connectivity index (χ4n) is 1.20. The summed E-state index contributed by atoms with van der Waals surface area (Å²) in [5.74, 6) is 0.965. The number of aliphatic imine (C=N–C) groups is 1. The zero-order valence-electron chi connectivity index (χ0n) is 7.22. The van der Waals surface area contributed by atoms with Gasteiger partial charge in [-0.15, -0.1) is 0 Å². The van der Waals surface area contributed by atoms with Gasteiger partial charge in [0.15, 0.2) is 0 Å². The van der Waals surface area contributed by atoms with E-state index in [1.807, 2.05) is 13.8 Å². The second kappa shape index (κ2) is 3.53. The van der Waals surface area contributed by atoms with Gasteiger partial charge in [-0.3, -0.25) is 0 Å². The van der Waals surface area contributed by atoms with E-state index in [2.05, 4.69) is 16.4 Å². The summed E-state index contributed by atoms with van der Waals surface area (Å²) < 4.78 is 5.02. The van der Waals surface area contributed by atoms with E-state index in [1.165, 1.54) is 0 Å². The van der Waals surface area contributed by atoms with Crippen LogP contribution in [0.15, 0.2) is 16.8 Å². The highest BCUT2D eigenvalue weighted by molar-refractivity contribution is 5.81. The maximum atomic E-state index is 5.02. The molecule has 0 aromatic carbocycles. The Morgan fingerprint density at radius 2 is 2.36 bits per heavy atom.